The number of rotatable bonds is 4. The molecule has 1 fully saturated rings. The predicted octanol–water partition coefficient (Wildman–Crippen LogP) is 1.89. The van der Waals surface area contributed by atoms with Gasteiger partial charge in [0.1, 0.15) is 11.5 Å². The lowest BCUT2D eigenvalue weighted by Gasteiger charge is -2.27. The number of methoxy groups -OCH3 is 1. The highest BCUT2D eigenvalue weighted by atomic mass is 16.5. The first kappa shape index (κ1) is 12.2. The maximum atomic E-state index is 9.81. The number of benzene rings is 1. The minimum Gasteiger partial charge on any atom is -0.507 e. The third-order valence-corrected chi connectivity index (χ3v) is 3.14. The van der Waals surface area contributed by atoms with E-state index < -0.39 is 0 Å². The molecule has 2 rings (SSSR count). The fraction of sp³-hybridized carbons (Fsp3) is 0.538. The summed E-state index contributed by atoms with van der Waals surface area (Å²) in [5.74, 6) is 0.970. The summed E-state index contributed by atoms with van der Waals surface area (Å²) in [5, 5.41) is 12.0. The summed E-state index contributed by atoms with van der Waals surface area (Å²) in [4.78, 5) is 0. The van der Waals surface area contributed by atoms with Gasteiger partial charge in [0, 0.05) is 31.3 Å². The van der Waals surface area contributed by atoms with Crippen molar-refractivity contribution in [3.05, 3.63) is 23.8 Å². The minimum absolute atomic E-state index is 0.286. The molecule has 1 saturated heterocycles. The van der Waals surface area contributed by atoms with Crippen molar-refractivity contribution in [1.82, 2.24) is 10.4 Å². The van der Waals surface area contributed by atoms with Crippen LogP contribution in [0.4, 0.5) is 0 Å². The summed E-state index contributed by atoms with van der Waals surface area (Å²) in [7, 11) is 1.60. The molecule has 94 valence electrons. The Hall–Kier alpha value is -1.26. The Morgan fingerprint density at radius 2 is 2.06 bits per heavy atom. The van der Waals surface area contributed by atoms with Crippen LogP contribution in [-0.4, -0.2) is 30.3 Å². The van der Waals surface area contributed by atoms with E-state index in [1.165, 1.54) is 19.3 Å². The second-order valence-corrected chi connectivity index (χ2v) is 4.38. The molecule has 0 unspecified atom stereocenters. The molecule has 4 nitrogen and oxygen atoms in total. The Morgan fingerprint density at radius 3 is 2.71 bits per heavy atom. The van der Waals surface area contributed by atoms with Gasteiger partial charge in [-0.1, -0.05) is 12.5 Å². The van der Waals surface area contributed by atoms with Crippen LogP contribution in [0.3, 0.4) is 0 Å². The summed E-state index contributed by atoms with van der Waals surface area (Å²) < 4.78 is 5.05. The van der Waals surface area contributed by atoms with Crippen LogP contribution in [0.5, 0.6) is 11.5 Å². The molecule has 0 amide bonds. The molecule has 1 aliphatic rings. The zero-order valence-electron chi connectivity index (χ0n) is 10.3. The predicted molar refractivity (Wildman–Crippen MR) is 66.9 cm³/mol. The Kier molecular flexibility index (Phi) is 4.23. The highest BCUT2D eigenvalue weighted by molar-refractivity contribution is 5.39. The molecule has 0 atom stereocenters. The first-order valence-electron chi connectivity index (χ1n) is 6.14. The van der Waals surface area contributed by atoms with Crippen molar-refractivity contribution >= 4 is 0 Å². The molecule has 1 aromatic rings. The molecule has 0 spiro atoms. The summed E-state index contributed by atoms with van der Waals surface area (Å²) in [6.45, 7) is 2.85. The second kappa shape index (κ2) is 5.89. The van der Waals surface area contributed by atoms with E-state index in [2.05, 4.69) is 10.4 Å². The molecule has 0 bridgehead atoms. The van der Waals surface area contributed by atoms with Crippen LogP contribution in [0.15, 0.2) is 18.2 Å². The molecule has 1 aromatic carbocycles. The van der Waals surface area contributed by atoms with E-state index >= 15 is 0 Å². The van der Waals surface area contributed by atoms with Crippen molar-refractivity contribution in [2.75, 3.05) is 20.2 Å². The van der Waals surface area contributed by atoms with Crippen molar-refractivity contribution in [1.29, 1.82) is 0 Å². The third-order valence-electron chi connectivity index (χ3n) is 3.14. The van der Waals surface area contributed by atoms with Gasteiger partial charge >= 0.3 is 0 Å². The van der Waals surface area contributed by atoms with Gasteiger partial charge in [-0.15, -0.1) is 0 Å². The summed E-state index contributed by atoms with van der Waals surface area (Å²) in [6.07, 6.45) is 3.83. The SMILES string of the molecule is COc1ccc(CNN2CCCCC2)c(O)c1. The molecular weight excluding hydrogens is 216 g/mol. The molecule has 0 aliphatic carbocycles. The molecule has 0 radical (unpaired) electrons. The highest BCUT2D eigenvalue weighted by Gasteiger charge is 2.10. The topological polar surface area (TPSA) is 44.7 Å². The Bertz CT molecular complexity index is 362. The number of piperidine rings is 1. The highest BCUT2D eigenvalue weighted by Crippen LogP contribution is 2.23. The van der Waals surface area contributed by atoms with Gasteiger partial charge in [0.25, 0.3) is 0 Å². The third kappa shape index (κ3) is 3.35. The normalized spacial score (nSPS) is 17.0. The number of nitrogens with one attached hydrogen (secondary N) is 1. The van der Waals surface area contributed by atoms with Gasteiger partial charge in [0.05, 0.1) is 7.11 Å². The molecule has 17 heavy (non-hydrogen) atoms. The second-order valence-electron chi connectivity index (χ2n) is 4.38. The maximum absolute atomic E-state index is 9.81. The molecule has 0 aromatic heterocycles. The number of hydrogen-bond acceptors (Lipinski definition) is 4. The largest absolute Gasteiger partial charge is 0.507 e. The lowest BCUT2D eigenvalue weighted by Crippen LogP contribution is -2.41. The van der Waals surface area contributed by atoms with Crippen molar-refractivity contribution in [3.8, 4) is 11.5 Å². The van der Waals surface area contributed by atoms with Crippen molar-refractivity contribution in [2.45, 2.75) is 25.8 Å². The Morgan fingerprint density at radius 1 is 1.29 bits per heavy atom. The number of aromatic hydroxyl groups is 1. The first-order chi connectivity index (χ1) is 8.29. The number of hydrogen-bond donors (Lipinski definition) is 2. The van der Waals surface area contributed by atoms with Gasteiger partial charge in [-0.05, 0) is 18.9 Å². The lowest BCUT2D eigenvalue weighted by molar-refractivity contribution is 0.150. The van der Waals surface area contributed by atoms with E-state index in [9.17, 15) is 5.11 Å². The van der Waals surface area contributed by atoms with Gasteiger partial charge in [-0.2, -0.15) is 0 Å². The number of nitrogens with zero attached hydrogens (tertiary/aromatic N) is 1. The fourth-order valence-corrected chi connectivity index (χ4v) is 2.07. The van der Waals surface area contributed by atoms with Crippen LogP contribution in [0, 0.1) is 0 Å². The zero-order valence-corrected chi connectivity index (χ0v) is 10.3. The smallest absolute Gasteiger partial charge is 0.123 e. The van der Waals surface area contributed by atoms with E-state index in [0.29, 0.717) is 12.3 Å². The van der Waals surface area contributed by atoms with Gasteiger partial charge < -0.3 is 9.84 Å². The molecule has 1 aliphatic heterocycles. The van der Waals surface area contributed by atoms with E-state index in [-0.39, 0.29) is 5.75 Å². The summed E-state index contributed by atoms with van der Waals surface area (Å²) >= 11 is 0. The minimum atomic E-state index is 0.286. The number of hydrazine groups is 1. The zero-order chi connectivity index (χ0) is 12.1. The van der Waals surface area contributed by atoms with Gasteiger partial charge in [-0.25, -0.2) is 5.01 Å². The number of phenols is 1. The Labute approximate surface area is 102 Å². The van der Waals surface area contributed by atoms with E-state index in [0.717, 1.165) is 18.7 Å². The van der Waals surface area contributed by atoms with E-state index in [4.69, 9.17) is 4.74 Å². The standard InChI is InChI=1S/C13H20N2O2/c1-17-12-6-5-11(13(16)9-12)10-14-15-7-3-2-4-8-15/h5-6,9,14,16H,2-4,7-8,10H2,1H3. The van der Waals surface area contributed by atoms with E-state index in [1.807, 2.05) is 12.1 Å². The number of ether oxygens (including phenoxy) is 1. The van der Waals surface area contributed by atoms with Gasteiger partial charge in [0.15, 0.2) is 0 Å². The average molecular weight is 236 g/mol. The average Bonchev–Trinajstić information content (AvgIpc) is 2.38. The van der Waals surface area contributed by atoms with Crippen molar-refractivity contribution < 1.29 is 9.84 Å². The molecule has 1 heterocycles. The van der Waals surface area contributed by atoms with Crippen molar-refractivity contribution in [2.24, 2.45) is 0 Å². The Balaban J connectivity index is 1.89. The molecular formula is C13H20N2O2. The van der Waals surface area contributed by atoms with Crippen molar-refractivity contribution in [3.63, 3.8) is 0 Å². The van der Waals surface area contributed by atoms with Crippen LogP contribution < -0.4 is 10.2 Å². The van der Waals surface area contributed by atoms with Crippen LogP contribution in [-0.2, 0) is 6.54 Å². The molecule has 2 N–H and O–H groups in total. The van der Waals surface area contributed by atoms with Crippen LogP contribution in [0.1, 0.15) is 24.8 Å². The lowest BCUT2D eigenvalue weighted by atomic mass is 10.1. The molecule has 0 saturated carbocycles. The maximum Gasteiger partial charge on any atom is 0.123 e. The van der Waals surface area contributed by atoms with Crippen LogP contribution in [0.2, 0.25) is 0 Å². The monoisotopic (exact) mass is 236 g/mol. The summed E-state index contributed by atoms with van der Waals surface area (Å²) in [5.41, 5.74) is 4.25. The quantitative estimate of drug-likeness (QED) is 0.838. The number of phenolic OH excluding ortho intramolecular Hbond substituents is 1. The summed E-state index contributed by atoms with van der Waals surface area (Å²) in [6, 6.07) is 5.41. The molecule has 4 heteroatoms. The van der Waals surface area contributed by atoms with Gasteiger partial charge in [0.2, 0.25) is 0 Å². The first-order valence-corrected chi connectivity index (χ1v) is 6.14. The van der Waals surface area contributed by atoms with Gasteiger partial charge in [-0.3, -0.25) is 5.43 Å². The van der Waals surface area contributed by atoms with E-state index in [1.54, 1.807) is 13.2 Å². The van der Waals surface area contributed by atoms with Crippen LogP contribution in [0.25, 0.3) is 0 Å². The van der Waals surface area contributed by atoms with Crippen LogP contribution >= 0.6 is 0 Å². The fourth-order valence-electron chi connectivity index (χ4n) is 2.07.